The van der Waals surface area contributed by atoms with Gasteiger partial charge in [-0.05, 0) is 31.0 Å². The molecule has 0 spiro atoms. The Balaban J connectivity index is 0.000000231. The van der Waals surface area contributed by atoms with Gasteiger partial charge in [0.1, 0.15) is 0 Å². The Kier molecular flexibility index (Phi) is 8.78. The average molecular weight is 315 g/mol. The molecule has 0 saturated carbocycles. The highest BCUT2D eigenvalue weighted by molar-refractivity contribution is 5.94. The van der Waals surface area contributed by atoms with Gasteiger partial charge in [-0.1, -0.05) is 48.5 Å². The Bertz CT molecular complexity index is 584. The van der Waals surface area contributed by atoms with Crippen molar-refractivity contribution in [1.82, 2.24) is 5.32 Å². The molecule has 0 fully saturated rings. The first-order chi connectivity index (χ1) is 11.2. The fraction of sp³-hybridized carbons (Fsp3) is 0.222. The second kappa shape index (κ2) is 11.0. The fourth-order valence-corrected chi connectivity index (χ4v) is 1.79. The van der Waals surface area contributed by atoms with Crippen molar-refractivity contribution in [3.63, 3.8) is 0 Å². The van der Waals surface area contributed by atoms with Gasteiger partial charge in [0.15, 0.2) is 0 Å². The van der Waals surface area contributed by atoms with E-state index in [2.05, 4.69) is 10.2 Å². The maximum Gasteiger partial charge on any atom is 0.342 e. The van der Waals surface area contributed by atoms with E-state index in [-0.39, 0.29) is 12.3 Å². The zero-order valence-electron chi connectivity index (χ0n) is 13.1. The second-order valence-electron chi connectivity index (χ2n) is 4.67. The van der Waals surface area contributed by atoms with Gasteiger partial charge in [0.05, 0.1) is 6.42 Å². The number of carbonyl (C=O) groups excluding carboxylic acids is 2. The summed E-state index contributed by atoms with van der Waals surface area (Å²) in [5.74, 6) is -0.605. The minimum Gasteiger partial charge on any atom is -0.352 e. The zero-order chi connectivity index (χ0) is 16.9. The van der Waals surface area contributed by atoms with Crippen LogP contribution in [0.1, 0.15) is 29.3 Å². The monoisotopic (exact) mass is 315 g/mol. The molecule has 2 aromatic rings. The van der Waals surface area contributed by atoms with Crippen molar-refractivity contribution in [2.45, 2.75) is 19.8 Å². The lowest BCUT2D eigenvalue weighted by molar-refractivity contribution is -0.234. The third-order valence-corrected chi connectivity index (χ3v) is 2.94. The van der Waals surface area contributed by atoms with Gasteiger partial charge >= 0.3 is 5.97 Å². The van der Waals surface area contributed by atoms with E-state index in [9.17, 15) is 9.59 Å². The summed E-state index contributed by atoms with van der Waals surface area (Å²) in [7, 11) is 0. The van der Waals surface area contributed by atoms with Crippen LogP contribution in [0.2, 0.25) is 0 Å². The summed E-state index contributed by atoms with van der Waals surface area (Å²) in [5.41, 5.74) is 1.78. The van der Waals surface area contributed by atoms with Gasteiger partial charge in [0, 0.05) is 12.1 Å². The molecule has 5 heteroatoms. The van der Waals surface area contributed by atoms with Gasteiger partial charge in [0.25, 0.3) is 5.91 Å². The number of rotatable bonds is 5. The first-order valence-corrected chi connectivity index (χ1v) is 7.38. The van der Waals surface area contributed by atoms with Crippen LogP contribution in [0.3, 0.4) is 0 Å². The fourth-order valence-electron chi connectivity index (χ4n) is 1.79. The molecule has 0 aliphatic carbocycles. The van der Waals surface area contributed by atoms with Gasteiger partial charge in [-0.25, -0.2) is 4.79 Å². The number of nitrogens with one attached hydrogen (secondary N) is 1. The van der Waals surface area contributed by atoms with Gasteiger partial charge < -0.3 is 10.2 Å². The van der Waals surface area contributed by atoms with Crippen LogP contribution in [0, 0.1) is 0 Å². The van der Waals surface area contributed by atoms with E-state index < -0.39 is 5.97 Å². The summed E-state index contributed by atoms with van der Waals surface area (Å²) < 4.78 is 0. The molecular weight excluding hydrogens is 294 g/mol. The highest BCUT2D eigenvalue weighted by Crippen LogP contribution is 2.02. The summed E-state index contributed by atoms with van der Waals surface area (Å²) in [4.78, 5) is 25.2. The first kappa shape index (κ1) is 18.4. The quantitative estimate of drug-likeness (QED) is 0.657. The normalized spacial score (nSPS) is 9.30. The standard InChI is InChI=1S/C9H11NO.C9H10O3/c1-2-10-9(11)8-6-4-3-5-7-8;10-9(12-11)7-6-8-4-2-1-3-5-8/h3-7H,2H2,1H3,(H,10,11);1-5,11H,6-7H2. The average Bonchev–Trinajstić information content (AvgIpc) is 2.62. The number of aryl methyl sites for hydroxylation is 1. The Morgan fingerprint density at radius 3 is 2.09 bits per heavy atom. The predicted octanol–water partition coefficient (Wildman–Crippen LogP) is 3.07. The van der Waals surface area contributed by atoms with Gasteiger partial charge in [-0.2, -0.15) is 5.26 Å². The molecule has 0 unspecified atom stereocenters. The van der Waals surface area contributed by atoms with E-state index in [0.717, 1.165) is 5.56 Å². The predicted molar refractivity (Wildman–Crippen MR) is 87.9 cm³/mol. The highest BCUT2D eigenvalue weighted by atomic mass is 17.1. The first-order valence-electron chi connectivity index (χ1n) is 7.38. The number of hydrogen-bond acceptors (Lipinski definition) is 4. The van der Waals surface area contributed by atoms with Crippen LogP contribution >= 0.6 is 0 Å². The van der Waals surface area contributed by atoms with Crippen molar-refractivity contribution in [2.75, 3.05) is 6.54 Å². The molecule has 23 heavy (non-hydrogen) atoms. The molecule has 2 aromatic carbocycles. The number of carbonyl (C=O) groups is 2. The molecule has 0 aliphatic rings. The lowest BCUT2D eigenvalue weighted by Crippen LogP contribution is -2.22. The lowest BCUT2D eigenvalue weighted by atomic mass is 10.1. The number of benzene rings is 2. The molecule has 2 rings (SSSR count). The Labute approximate surface area is 135 Å². The van der Waals surface area contributed by atoms with E-state index in [1.54, 1.807) is 12.1 Å². The van der Waals surface area contributed by atoms with E-state index in [1.807, 2.05) is 55.5 Å². The van der Waals surface area contributed by atoms with Gasteiger partial charge in [-0.15, -0.1) is 0 Å². The third-order valence-electron chi connectivity index (χ3n) is 2.94. The summed E-state index contributed by atoms with van der Waals surface area (Å²) >= 11 is 0. The topological polar surface area (TPSA) is 75.6 Å². The molecule has 0 saturated heterocycles. The van der Waals surface area contributed by atoms with E-state index in [0.29, 0.717) is 18.5 Å². The van der Waals surface area contributed by atoms with Crippen LogP contribution in [0.5, 0.6) is 0 Å². The molecule has 0 aliphatic heterocycles. The number of amides is 1. The minimum absolute atomic E-state index is 0.00639. The molecule has 1 amide bonds. The van der Waals surface area contributed by atoms with Crippen LogP contribution in [0.4, 0.5) is 0 Å². The molecular formula is C18H21NO4. The van der Waals surface area contributed by atoms with Gasteiger partial charge in [0.2, 0.25) is 0 Å². The Morgan fingerprint density at radius 1 is 1.00 bits per heavy atom. The van der Waals surface area contributed by atoms with Crippen molar-refractivity contribution in [3.8, 4) is 0 Å². The second-order valence-corrected chi connectivity index (χ2v) is 4.67. The summed E-state index contributed by atoms with van der Waals surface area (Å²) in [6.07, 6.45) is 0.806. The van der Waals surface area contributed by atoms with Crippen LogP contribution in [0.25, 0.3) is 0 Å². The molecule has 0 radical (unpaired) electrons. The third kappa shape index (κ3) is 7.78. The van der Waals surface area contributed by atoms with Crippen LogP contribution in [0.15, 0.2) is 60.7 Å². The van der Waals surface area contributed by atoms with E-state index in [4.69, 9.17) is 5.26 Å². The van der Waals surface area contributed by atoms with Crippen LogP contribution in [-0.4, -0.2) is 23.7 Å². The largest absolute Gasteiger partial charge is 0.352 e. The van der Waals surface area contributed by atoms with E-state index >= 15 is 0 Å². The van der Waals surface area contributed by atoms with Crippen molar-refractivity contribution >= 4 is 11.9 Å². The SMILES string of the molecule is CCNC(=O)c1ccccc1.O=C(CCc1ccccc1)OO. The van der Waals surface area contributed by atoms with Crippen molar-refractivity contribution in [3.05, 3.63) is 71.8 Å². The molecule has 0 bridgehead atoms. The molecule has 122 valence electrons. The lowest BCUT2D eigenvalue weighted by Gasteiger charge is -1.99. The zero-order valence-corrected chi connectivity index (χ0v) is 13.1. The van der Waals surface area contributed by atoms with Gasteiger partial charge in [-0.3, -0.25) is 4.79 Å². The highest BCUT2D eigenvalue weighted by Gasteiger charge is 2.01. The summed E-state index contributed by atoms with van der Waals surface area (Å²) in [6.45, 7) is 2.58. The molecule has 2 N–H and O–H groups in total. The van der Waals surface area contributed by atoms with Crippen molar-refractivity contribution < 1.29 is 19.7 Å². The smallest absolute Gasteiger partial charge is 0.342 e. The number of hydrogen-bond donors (Lipinski definition) is 2. The maximum atomic E-state index is 11.1. The Hall–Kier alpha value is -2.66. The molecule has 0 aromatic heterocycles. The summed E-state index contributed by atoms with van der Waals surface area (Å²) in [5, 5.41) is 10.7. The van der Waals surface area contributed by atoms with Crippen LogP contribution < -0.4 is 5.32 Å². The summed E-state index contributed by atoms with van der Waals surface area (Å²) in [6, 6.07) is 18.7. The Morgan fingerprint density at radius 2 is 1.57 bits per heavy atom. The molecule has 0 heterocycles. The minimum atomic E-state index is -0.598. The molecule has 5 nitrogen and oxygen atoms in total. The van der Waals surface area contributed by atoms with Crippen molar-refractivity contribution in [2.24, 2.45) is 0 Å². The van der Waals surface area contributed by atoms with Crippen LogP contribution in [-0.2, 0) is 16.1 Å². The molecule has 0 atom stereocenters. The van der Waals surface area contributed by atoms with E-state index in [1.165, 1.54) is 0 Å². The van der Waals surface area contributed by atoms with Crippen molar-refractivity contribution in [1.29, 1.82) is 0 Å². The maximum absolute atomic E-state index is 11.1.